The highest BCUT2D eigenvalue weighted by Gasteiger charge is 2.18. The molecule has 0 aromatic heterocycles. The quantitative estimate of drug-likeness (QED) is 0.646. The molecule has 0 aromatic carbocycles. The summed E-state index contributed by atoms with van der Waals surface area (Å²) in [5.41, 5.74) is 0.888. The normalized spacial score (nSPS) is 16.8. The molecule has 0 fully saturated rings. The average molecular weight is 185 g/mol. The Bertz CT molecular complexity index is 213. The van der Waals surface area contributed by atoms with Crippen LogP contribution in [0.1, 0.15) is 13.3 Å². The topological polar surface area (TPSA) is 49.8 Å². The predicted octanol–water partition coefficient (Wildman–Crippen LogP) is 0.767. The van der Waals surface area contributed by atoms with Gasteiger partial charge in [-0.05, 0) is 18.9 Å². The lowest BCUT2D eigenvalue weighted by molar-refractivity contribution is 0.108. The van der Waals surface area contributed by atoms with Gasteiger partial charge in [0.15, 0.2) is 0 Å². The number of ether oxygens (including phenoxy) is 1. The Balaban J connectivity index is 2.45. The van der Waals surface area contributed by atoms with Gasteiger partial charge in [-0.3, -0.25) is 0 Å². The molecule has 1 aliphatic heterocycles. The minimum atomic E-state index is -0.290. The number of hydrogen-bond acceptors (Lipinski definition) is 3. The number of hydrogen-bond donors (Lipinski definition) is 1. The molecule has 1 amide bonds. The van der Waals surface area contributed by atoms with Crippen molar-refractivity contribution in [1.29, 1.82) is 0 Å². The highest BCUT2D eigenvalue weighted by molar-refractivity contribution is 5.68. The van der Waals surface area contributed by atoms with Gasteiger partial charge in [0.05, 0.1) is 13.2 Å². The van der Waals surface area contributed by atoms with Crippen molar-refractivity contribution in [2.24, 2.45) is 0 Å². The molecule has 0 bridgehead atoms. The first-order valence-electron chi connectivity index (χ1n) is 4.48. The van der Waals surface area contributed by atoms with Crippen molar-refractivity contribution in [3.05, 3.63) is 11.6 Å². The van der Waals surface area contributed by atoms with Gasteiger partial charge < -0.3 is 14.7 Å². The number of amides is 1. The van der Waals surface area contributed by atoms with Crippen LogP contribution in [0.2, 0.25) is 0 Å². The van der Waals surface area contributed by atoms with Gasteiger partial charge in [0.25, 0.3) is 0 Å². The lowest BCUT2D eigenvalue weighted by Crippen LogP contribution is -2.36. The van der Waals surface area contributed by atoms with E-state index in [-0.39, 0.29) is 12.7 Å². The van der Waals surface area contributed by atoms with Crippen LogP contribution in [0.4, 0.5) is 4.79 Å². The molecule has 74 valence electrons. The largest absolute Gasteiger partial charge is 0.450 e. The number of nitrogens with zero attached hydrogens (tertiary/aromatic N) is 1. The molecule has 4 heteroatoms. The minimum absolute atomic E-state index is 0.0237. The molecule has 13 heavy (non-hydrogen) atoms. The third-order valence-electron chi connectivity index (χ3n) is 1.96. The Morgan fingerprint density at radius 3 is 3.15 bits per heavy atom. The van der Waals surface area contributed by atoms with Gasteiger partial charge in [-0.2, -0.15) is 0 Å². The SMILES string of the molecule is CCOC(=O)N1CCC=C(CO)C1. The Hall–Kier alpha value is -1.03. The number of aliphatic hydroxyl groups is 1. The van der Waals surface area contributed by atoms with Crippen molar-refractivity contribution < 1.29 is 14.6 Å². The van der Waals surface area contributed by atoms with Crippen LogP contribution in [0.5, 0.6) is 0 Å². The van der Waals surface area contributed by atoms with Crippen LogP contribution in [0.3, 0.4) is 0 Å². The van der Waals surface area contributed by atoms with Crippen molar-refractivity contribution in [1.82, 2.24) is 4.90 Å². The maximum absolute atomic E-state index is 11.3. The average Bonchev–Trinajstić information content (AvgIpc) is 2.18. The van der Waals surface area contributed by atoms with Gasteiger partial charge in [0.1, 0.15) is 0 Å². The number of carbonyl (C=O) groups excluding carboxylic acids is 1. The van der Waals surface area contributed by atoms with Gasteiger partial charge in [0, 0.05) is 13.1 Å². The maximum Gasteiger partial charge on any atom is 0.410 e. The summed E-state index contributed by atoms with van der Waals surface area (Å²) >= 11 is 0. The zero-order valence-corrected chi connectivity index (χ0v) is 7.82. The van der Waals surface area contributed by atoms with Gasteiger partial charge in [-0.1, -0.05) is 6.08 Å². The first-order chi connectivity index (χ1) is 6.27. The molecule has 0 saturated carbocycles. The number of aliphatic hydroxyl groups excluding tert-OH is 1. The highest BCUT2D eigenvalue weighted by atomic mass is 16.6. The lowest BCUT2D eigenvalue weighted by atomic mass is 10.1. The number of rotatable bonds is 2. The van der Waals surface area contributed by atoms with Crippen molar-refractivity contribution in [2.45, 2.75) is 13.3 Å². The van der Waals surface area contributed by atoms with Crippen LogP contribution in [0, 0.1) is 0 Å². The fraction of sp³-hybridized carbons (Fsp3) is 0.667. The molecule has 0 aliphatic carbocycles. The fourth-order valence-corrected chi connectivity index (χ4v) is 1.30. The minimum Gasteiger partial charge on any atom is -0.450 e. The molecule has 0 saturated heterocycles. The van der Waals surface area contributed by atoms with E-state index in [9.17, 15) is 4.79 Å². The molecule has 0 radical (unpaired) electrons. The molecule has 1 rings (SSSR count). The molecule has 4 nitrogen and oxygen atoms in total. The van der Waals surface area contributed by atoms with E-state index >= 15 is 0 Å². The Morgan fingerprint density at radius 2 is 2.54 bits per heavy atom. The van der Waals surface area contributed by atoms with Gasteiger partial charge in [0.2, 0.25) is 0 Å². The zero-order valence-electron chi connectivity index (χ0n) is 7.82. The lowest BCUT2D eigenvalue weighted by Gasteiger charge is -2.25. The monoisotopic (exact) mass is 185 g/mol. The summed E-state index contributed by atoms with van der Waals surface area (Å²) in [5, 5.41) is 8.87. The van der Waals surface area contributed by atoms with E-state index in [0.717, 1.165) is 12.0 Å². The summed E-state index contributed by atoms with van der Waals surface area (Å²) in [6.07, 6.45) is 2.48. The number of carbonyl (C=O) groups is 1. The molecule has 1 heterocycles. The Labute approximate surface area is 77.8 Å². The van der Waals surface area contributed by atoms with E-state index in [2.05, 4.69) is 0 Å². The first kappa shape index (κ1) is 10.1. The standard InChI is InChI=1S/C9H15NO3/c1-2-13-9(12)10-5-3-4-8(6-10)7-11/h4,11H,2-3,5-7H2,1H3. The van der Waals surface area contributed by atoms with Crippen molar-refractivity contribution in [3.8, 4) is 0 Å². The summed E-state index contributed by atoms with van der Waals surface area (Å²) in [6.45, 7) is 3.38. The fourth-order valence-electron chi connectivity index (χ4n) is 1.30. The zero-order chi connectivity index (χ0) is 9.68. The predicted molar refractivity (Wildman–Crippen MR) is 48.4 cm³/mol. The van der Waals surface area contributed by atoms with E-state index in [4.69, 9.17) is 9.84 Å². The molecule has 0 spiro atoms. The van der Waals surface area contributed by atoms with E-state index in [1.807, 2.05) is 6.08 Å². The van der Waals surface area contributed by atoms with Crippen LogP contribution >= 0.6 is 0 Å². The van der Waals surface area contributed by atoms with Crippen LogP contribution in [0.25, 0.3) is 0 Å². The molecular weight excluding hydrogens is 170 g/mol. The van der Waals surface area contributed by atoms with E-state index < -0.39 is 0 Å². The van der Waals surface area contributed by atoms with E-state index in [1.54, 1.807) is 11.8 Å². The summed E-state index contributed by atoms with van der Waals surface area (Å²) < 4.78 is 4.85. The van der Waals surface area contributed by atoms with Gasteiger partial charge >= 0.3 is 6.09 Å². The summed E-state index contributed by atoms with van der Waals surface area (Å²) in [5.74, 6) is 0. The summed E-state index contributed by atoms with van der Waals surface area (Å²) in [4.78, 5) is 12.9. The Morgan fingerprint density at radius 1 is 1.77 bits per heavy atom. The van der Waals surface area contributed by atoms with Crippen molar-refractivity contribution in [2.75, 3.05) is 26.3 Å². The van der Waals surface area contributed by atoms with Gasteiger partial charge in [-0.25, -0.2) is 4.79 Å². The third kappa shape index (κ3) is 2.73. The molecule has 0 aromatic rings. The van der Waals surface area contributed by atoms with Gasteiger partial charge in [-0.15, -0.1) is 0 Å². The van der Waals surface area contributed by atoms with Crippen LogP contribution < -0.4 is 0 Å². The second-order valence-electron chi connectivity index (χ2n) is 2.93. The van der Waals surface area contributed by atoms with Crippen molar-refractivity contribution >= 4 is 6.09 Å². The van der Waals surface area contributed by atoms with E-state index in [1.165, 1.54) is 0 Å². The van der Waals surface area contributed by atoms with Crippen molar-refractivity contribution in [3.63, 3.8) is 0 Å². The molecule has 1 N–H and O–H groups in total. The maximum atomic E-state index is 11.3. The molecule has 0 atom stereocenters. The summed E-state index contributed by atoms with van der Waals surface area (Å²) in [7, 11) is 0. The summed E-state index contributed by atoms with van der Waals surface area (Å²) in [6, 6.07) is 0. The smallest absolute Gasteiger partial charge is 0.410 e. The van der Waals surface area contributed by atoms with Crippen LogP contribution in [-0.4, -0.2) is 42.4 Å². The molecular formula is C9H15NO3. The molecule has 0 unspecified atom stereocenters. The first-order valence-corrected chi connectivity index (χ1v) is 4.48. The Kier molecular flexibility index (Phi) is 3.76. The third-order valence-corrected chi connectivity index (χ3v) is 1.96. The second kappa shape index (κ2) is 4.87. The van der Waals surface area contributed by atoms with Crippen LogP contribution in [0.15, 0.2) is 11.6 Å². The highest BCUT2D eigenvalue weighted by Crippen LogP contribution is 2.09. The van der Waals surface area contributed by atoms with E-state index in [0.29, 0.717) is 19.7 Å². The molecule has 1 aliphatic rings. The second-order valence-corrected chi connectivity index (χ2v) is 2.93. The van der Waals surface area contributed by atoms with Crippen LogP contribution in [-0.2, 0) is 4.74 Å².